The van der Waals surface area contributed by atoms with Gasteiger partial charge < -0.3 is 9.73 Å². The quantitative estimate of drug-likeness (QED) is 0.761. The lowest BCUT2D eigenvalue weighted by molar-refractivity contribution is 0.102. The zero-order chi connectivity index (χ0) is 15.7. The zero-order valence-electron chi connectivity index (χ0n) is 12.1. The van der Waals surface area contributed by atoms with Crippen molar-refractivity contribution in [3.8, 4) is 11.5 Å². The number of benzene rings is 1. The fraction of sp³-hybridized carbons (Fsp3) is 0.125. The van der Waals surface area contributed by atoms with Crippen molar-refractivity contribution < 1.29 is 9.21 Å². The number of rotatable bonds is 3. The van der Waals surface area contributed by atoms with Crippen molar-refractivity contribution in [2.24, 2.45) is 0 Å². The number of carbonyl (C=O) groups excluding carboxylic acids is 1. The van der Waals surface area contributed by atoms with Crippen molar-refractivity contribution >= 4 is 23.2 Å². The number of aryl methyl sites for hydroxylation is 2. The molecule has 6 heteroatoms. The van der Waals surface area contributed by atoms with E-state index in [4.69, 9.17) is 16.0 Å². The zero-order valence-corrected chi connectivity index (χ0v) is 12.9. The van der Waals surface area contributed by atoms with E-state index < -0.39 is 0 Å². The fourth-order valence-corrected chi connectivity index (χ4v) is 2.24. The van der Waals surface area contributed by atoms with Gasteiger partial charge in [-0.1, -0.05) is 11.6 Å². The molecule has 2 N–H and O–H groups in total. The first kappa shape index (κ1) is 14.4. The number of anilines is 1. The molecule has 0 saturated heterocycles. The number of halogens is 1. The lowest BCUT2D eigenvalue weighted by Crippen LogP contribution is -2.12. The molecule has 0 saturated carbocycles. The summed E-state index contributed by atoms with van der Waals surface area (Å²) in [6.07, 6.45) is 0. The molecule has 2 aromatic heterocycles. The summed E-state index contributed by atoms with van der Waals surface area (Å²) in [6, 6.07) is 10.4. The van der Waals surface area contributed by atoms with Crippen molar-refractivity contribution in [2.45, 2.75) is 13.8 Å². The molecule has 5 nitrogen and oxygen atoms in total. The van der Waals surface area contributed by atoms with E-state index >= 15 is 0 Å². The second kappa shape index (κ2) is 5.69. The Bertz CT molecular complexity index is 818. The smallest absolute Gasteiger partial charge is 0.255 e. The molecule has 0 bridgehead atoms. The molecule has 0 aliphatic rings. The number of amides is 1. The Morgan fingerprint density at radius 2 is 1.91 bits per heavy atom. The predicted octanol–water partition coefficient (Wildman–Crippen LogP) is 4.19. The third-order valence-corrected chi connectivity index (χ3v) is 3.52. The minimum atomic E-state index is -0.231. The van der Waals surface area contributed by atoms with Crippen LogP contribution in [0, 0.1) is 13.8 Å². The molecule has 3 aromatic rings. The van der Waals surface area contributed by atoms with Gasteiger partial charge in [0.05, 0.1) is 11.4 Å². The van der Waals surface area contributed by atoms with Crippen molar-refractivity contribution in [1.29, 1.82) is 0 Å². The average molecular weight is 316 g/mol. The van der Waals surface area contributed by atoms with Crippen LogP contribution in [0.3, 0.4) is 0 Å². The summed E-state index contributed by atoms with van der Waals surface area (Å²) in [6.45, 7) is 3.69. The topological polar surface area (TPSA) is 70.9 Å². The maximum atomic E-state index is 12.3. The first-order valence-electron chi connectivity index (χ1n) is 6.73. The number of H-pyrrole nitrogens is 1. The SMILES string of the molecule is Cc1ccc(-c2n[nH]c(C)c2NC(=O)c2ccc(Cl)cc2)o1. The van der Waals surface area contributed by atoms with Crippen LogP contribution < -0.4 is 5.32 Å². The molecule has 0 spiro atoms. The van der Waals surface area contributed by atoms with Crippen LogP contribution in [0.25, 0.3) is 11.5 Å². The highest BCUT2D eigenvalue weighted by Gasteiger charge is 2.18. The minimum Gasteiger partial charge on any atom is -0.460 e. The Labute approximate surface area is 132 Å². The first-order chi connectivity index (χ1) is 10.5. The van der Waals surface area contributed by atoms with Crippen molar-refractivity contribution in [1.82, 2.24) is 10.2 Å². The summed E-state index contributed by atoms with van der Waals surface area (Å²) >= 11 is 5.83. The Morgan fingerprint density at radius 1 is 1.18 bits per heavy atom. The van der Waals surface area contributed by atoms with Gasteiger partial charge in [0, 0.05) is 10.6 Å². The molecular formula is C16H14ClN3O2. The highest BCUT2D eigenvalue weighted by molar-refractivity contribution is 6.30. The van der Waals surface area contributed by atoms with Gasteiger partial charge in [-0.2, -0.15) is 5.10 Å². The van der Waals surface area contributed by atoms with E-state index in [0.29, 0.717) is 27.7 Å². The monoisotopic (exact) mass is 315 g/mol. The highest BCUT2D eigenvalue weighted by atomic mass is 35.5. The molecule has 0 unspecified atom stereocenters. The predicted molar refractivity (Wildman–Crippen MR) is 85.2 cm³/mol. The van der Waals surface area contributed by atoms with Gasteiger partial charge in [-0.3, -0.25) is 9.89 Å². The molecule has 1 amide bonds. The number of aromatic amines is 1. The fourth-order valence-electron chi connectivity index (χ4n) is 2.11. The first-order valence-corrected chi connectivity index (χ1v) is 7.11. The molecule has 2 heterocycles. The van der Waals surface area contributed by atoms with Crippen LogP contribution in [0.1, 0.15) is 21.8 Å². The van der Waals surface area contributed by atoms with E-state index in [1.165, 1.54) is 0 Å². The number of nitrogens with one attached hydrogen (secondary N) is 2. The maximum absolute atomic E-state index is 12.3. The third kappa shape index (κ3) is 2.76. The molecule has 3 rings (SSSR count). The molecule has 0 radical (unpaired) electrons. The summed E-state index contributed by atoms with van der Waals surface area (Å²) < 4.78 is 5.58. The van der Waals surface area contributed by atoms with Crippen LogP contribution in [0.15, 0.2) is 40.8 Å². The summed E-state index contributed by atoms with van der Waals surface area (Å²) in [4.78, 5) is 12.3. The van der Waals surface area contributed by atoms with Gasteiger partial charge >= 0.3 is 0 Å². The van der Waals surface area contributed by atoms with Gasteiger partial charge in [-0.25, -0.2) is 0 Å². The van der Waals surface area contributed by atoms with Crippen molar-refractivity contribution in [3.05, 3.63) is 58.4 Å². The Kier molecular flexibility index (Phi) is 3.73. The molecule has 0 aliphatic heterocycles. The lowest BCUT2D eigenvalue weighted by atomic mass is 10.2. The molecular weight excluding hydrogens is 302 g/mol. The molecule has 1 aromatic carbocycles. The Balaban J connectivity index is 1.91. The summed E-state index contributed by atoms with van der Waals surface area (Å²) in [5.41, 5.74) is 2.46. The summed E-state index contributed by atoms with van der Waals surface area (Å²) in [5, 5.41) is 10.5. The van der Waals surface area contributed by atoms with E-state index in [2.05, 4.69) is 15.5 Å². The molecule has 0 fully saturated rings. The number of hydrogen-bond acceptors (Lipinski definition) is 3. The van der Waals surface area contributed by atoms with Gasteiger partial charge in [0.1, 0.15) is 5.76 Å². The molecule has 0 atom stereocenters. The second-order valence-corrected chi connectivity index (χ2v) is 5.38. The van der Waals surface area contributed by atoms with Crippen LogP contribution >= 0.6 is 11.6 Å². The van der Waals surface area contributed by atoms with Crippen LogP contribution in [0.5, 0.6) is 0 Å². The van der Waals surface area contributed by atoms with Gasteiger partial charge in [-0.15, -0.1) is 0 Å². The average Bonchev–Trinajstić information content (AvgIpc) is 3.07. The second-order valence-electron chi connectivity index (χ2n) is 4.94. The Morgan fingerprint density at radius 3 is 2.55 bits per heavy atom. The third-order valence-electron chi connectivity index (χ3n) is 3.27. The Hall–Kier alpha value is -2.53. The van der Waals surface area contributed by atoms with E-state index in [1.807, 2.05) is 26.0 Å². The molecule has 22 heavy (non-hydrogen) atoms. The van der Waals surface area contributed by atoms with Gasteiger partial charge in [0.2, 0.25) is 0 Å². The van der Waals surface area contributed by atoms with E-state index in [9.17, 15) is 4.79 Å². The van der Waals surface area contributed by atoms with Gasteiger partial charge in [-0.05, 0) is 50.2 Å². The van der Waals surface area contributed by atoms with Crippen LogP contribution in [-0.4, -0.2) is 16.1 Å². The highest BCUT2D eigenvalue weighted by Crippen LogP contribution is 2.30. The molecule has 0 aliphatic carbocycles. The van der Waals surface area contributed by atoms with Crippen LogP contribution in [0.4, 0.5) is 5.69 Å². The van der Waals surface area contributed by atoms with Crippen LogP contribution in [-0.2, 0) is 0 Å². The van der Waals surface area contributed by atoms with E-state index in [0.717, 1.165) is 11.5 Å². The molecule has 112 valence electrons. The summed E-state index contributed by atoms with van der Waals surface area (Å²) in [5.74, 6) is 1.16. The number of hydrogen-bond donors (Lipinski definition) is 2. The largest absolute Gasteiger partial charge is 0.460 e. The standard InChI is InChI=1S/C16H14ClN3O2/c1-9-3-8-13(22-9)15-14(10(2)19-20-15)18-16(21)11-4-6-12(17)7-5-11/h3-8H,1-2H3,(H,18,21)(H,19,20). The number of aromatic nitrogens is 2. The van der Waals surface area contributed by atoms with Crippen LogP contribution in [0.2, 0.25) is 5.02 Å². The van der Waals surface area contributed by atoms with Crippen molar-refractivity contribution in [2.75, 3.05) is 5.32 Å². The van der Waals surface area contributed by atoms with E-state index in [1.54, 1.807) is 24.3 Å². The number of furan rings is 1. The minimum absolute atomic E-state index is 0.231. The maximum Gasteiger partial charge on any atom is 0.255 e. The number of nitrogens with zero attached hydrogens (tertiary/aromatic N) is 1. The number of carbonyl (C=O) groups is 1. The van der Waals surface area contributed by atoms with Gasteiger partial charge in [0.25, 0.3) is 5.91 Å². The lowest BCUT2D eigenvalue weighted by Gasteiger charge is -2.06. The van der Waals surface area contributed by atoms with E-state index in [-0.39, 0.29) is 5.91 Å². The summed E-state index contributed by atoms with van der Waals surface area (Å²) in [7, 11) is 0. The van der Waals surface area contributed by atoms with Gasteiger partial charge in [0.15, 0.2) is 11.5 Å². The normalized spacial score (nSPS) is 10.7. The van der Waals surface area contributed by atoms with Crippen molar-refractivity contribution in [3.63, 3.8) is 0 Å².